The number of fused-ring (bicyclic) bond motifs is 1. The summed E-state index contributed by atoms with van der Waals surface area (Å²) in [6.45, 7) is 7.37. The fourth-order valence-corrected chi connectivity index (χ4v) is 3.07. The number of rotatable bonds is 2. The number of nitrogens with zero attached hydrogens (tertiary/aromatic N) is 4. The van der Waals surface area contributed by atoms with Crippen molar-refractivity contribution in [2.45, 2.75) is 45.3 Å². The Hall–Kier alpha value is -2.37. The van der Waals surface area contributed by atoms with Crippen LogP contribution in [0, 0.1) is 0 Å². The fraction of sp³-hybridized carbons (Fsp3) is 0.526. The molecule has 1 fully saturated rings. The third-order valence-corrected chi connectivity index (χ3v) is 4.45. The molecule has 0 N–H and O–H groups in total. The van der Waals surface area contributed by atoms with Crippen molar-refractivity contribution in [1.82, 2.24) is 14.9 Å². The molecule has 1 aromatic heterocycles. The molecule has 2 heterocycles. The molecule has 0 unspecified atom stereocenters. The van der Waals surface area contributed by atoms with Gasteiger partial charge in [0.2, 0.25) is 0 Å². The molecule has 0 bridgehead atoms. The third kappa shape index (κ3) is 4.18. The monoisotopic (exact) mass is 342 g/mol. The normalized spacial score (nSPS) is 16.1. The van der Waals surface area contributed by atoms with Gasteiger partial charge in [0.25, 0.3) is 0 Å². The number of anilines is 1. The number of ether oxygens (including phenoxy) is 1. The quantitative estimate of drug-likeness (QED) is 0.836. The lowest BCUT2D eigenvalue weighted by Gasteiger charge is -2.37. The number of carbonyl (C=O) groups excluding carboxylic acids is 1. The van der Waals surface area contributed by atoms with Gasteiger partial charge in [0.1, 0.15) is 11.4 Å². The molecule has 2 aromatic rings. The van der Waals surface area contributed by atoms with Crippen molar-refractivity contribution in [1.29, 1.82) is 0 Å². The van der Waals surface area contributed by atoms with Gasteiger partial charge in [0.05, 0.1) is 17.2 Å². The number of hydrogen-bond donors (Lipinski definition) is 0. The average Bonchev–Trinajstić information content (AvgIpc) is 2.59. The minimum atomic E-state index is -0.466. The van der Waals surface area contributed by atoms with Crippen molar-refractivity contribution < 1.29 is 9.53 Å². The van der Waals surface area contributed by atoms with Crippen LogP contribution in [0.5, 0.6) is 0 Å². The van der Waals surface area contributed by atoms with E-state index in [0.717, 1.165) is 42.8 Å². The Morgan fingerprint density at radius 3 is 2.48 bits per heavy atom. The van der Waals surface area contributed by atoms with E-state index in [2.05, 4.69) is 9.88 Å². The Balaban J connectivity index is 1.62. The first-order valence-electron chi connectivity index (χ1n) is 8.76. The van der Waals surface area contributed by atoms with Crippen molar-refractivity contribution in [3.63, 3.8) is 0 Å². The highest BCUT2D eigenvalue weighted by molar-refractivity contribution is 5.75. The first-order valence-corrected chi connectivity index (χ1v) is 8.76. The van der Waals surface area contributed by atoms with Crippen LogP contribution in [0.2, 0.25) is 0 Å². The third-order valence-electron chi connectivity index (χ3n) is 4.45. The Kier molecular flexibility index (Phi) is 4.79. The first kappa shape index (κ1) is 17.5. The second-order valence-corrected chi connectivity index (χ2v) is 7.53. The summed E-state index contributed by atoms with van der Waals surface area (Å²) in [6.07, 6.45) is 3.37. The van der Waals surface area contributed by atoms with Gasteiger partial charge >= 0.3 is 6.09 Å². The summed E-state index contributed by atoms with van der Waals surface area (Å²) in [6, 6.07) is 8.08. The topological polar surface area (TPSA) is 58.6 Å². The summed E-state index contributed by atoms with van der Waals surface area (Å²) in [7, 11) is 1.82. The lowest BCUT2D eigenvalue weighted by Crippen LogP contribution is -2.47. The van der Waals surface area contributed by atoms with Gasteiger partial charge in [-0.3, -0.25) is 4.98 Å². The summed E-state index contributed by atoms with van der Waals surface area (Å²) in [5, 5.41) is 0. The van der Waals surface area contributed by atoms with Crippen molar-refractivity contribution in [2.75, 3.05) is 25.0 Å². The molecule has 0 aliphatic carbocycles. The minimum absolute atomic E-state index is 0.194. The molecule has 1 aromatic carbocycles. The van der Waals surface area contributed by atoms with E-state index in [4.69, 9.17) is 9.72 Å². The minimum Gasteiger partial charge on any atom is -0.444 e. The molecular weight excluding hydrogens is 316 g/mol. The molecule has 6 heteroatoms. The number of piperidine rings is 1. The van der Waals surface area contributed by atoms with Crippen LogP contribution in [0.4, 0.5) is 10.6 Å². The number of amides is 1. The van der Waals surface area contributed by atoms with Crippen LogP contribution >= 0.6 is 0 Å². The molecule has 1 saturated heterocycles. The van der Waals surface area contributed by atoms with Gasteiger partial charge in [0.15, 0.2) is 0 Å². The number of carbonyl (C=O) groups is 1. The Bertz CT molecular complexity index is 748. The molecule has 25 heavy (non-hydrogen) atoms. The average molecular weight is 342 g/mol. The molecule has 1 aliphatic rings. The second kappa shape index (κ2) is 6.86. The number of hydrogen-bond acceptors (Lipinski definition) is 5. The maximum absolute atomic E-state index is 12.2. The molecule has 6 nitrogen and oxygen atoms in total. The molecule has 0 spiro atoms. The fourth-order valence-electron chi connectivity index (χ4n) is 3.07. The van der Waals surface area contributed by atoms with Gasteiger partial charge in [0, 0.05) is 26.2 Å². The van der Waals surface area contributed by atoms with E-state index in [1.54, 1.807) is 4.90 Å². The van der Waals surface area contributed by atoms with Crippen molar-refractivity contribution in [3.05, 3.63) is 30.5 Å². The molecule has 1 aliphatic heterocycles. The van der Waals surface area contributed by atoms with E-state index < -0.39 is 5.60 Å². The lowest BCUT2D eigenvalue weighted by atomic mass is 10.0. The highest BCUT2D eigenvalue weighted by Gasteiger charge is 2.29. The Morgan fingerprint density at radius 1 is 1.20 bits per heavy atom. The van der Waals surface area contributed by atoms with Crippen molar-refractivity contribution >= 4 is 22.9 Å². The maximum atomic E-state index is 12.2. The largest absolute Gasteiger partial charge is 0.444 e. The van der Waals surface area contributed by atoms with E-state index in [0.29, 0.717) is 0 Å². The zero-order valence-corrected chi connectivity index (χ0v) is 15.4. The van der Waals surface area contributed by atoms with Gasteiger partial charge in [-0.1, -0.05) is 12.1 Å². The van der Waals surface area contributed by atoms with E-state index in [1.807, 2.05) is 58.3 Å². The molecular formula is C19H26N4O2. The van der Waals surface area contributed by atoms with Crippen LogP contribution in [-0.2, 0) is 4.74 Å². The lowest BCUT2D eigenvalue weighted by molar-refractivity contribution is 0.0201. The van der Waals surface area contributed by atoms with Gasteiger partial charge in [-0.2, -0.15) is 0 Å². The van der Waals surface area contributed by atoms with Crippen LogP contribution in [0.1, 0.15) is 33.6 Å². The summed E-state index contributed by atoms with van der Waals surface area (Å²) >= 11 is 0. The predicted octanol–water partition coefficient (Wildman–Crippen LogP) is 3.47. The smallest absolute Gasteiger partial charge is 0.410 e. The van der Waals surface area contributed by atoms with Gasteiger partial charge < -0.3 is 14.5 Å². The van der Waals surface area contributed by atoms with E-state index in [9.17, 15) is 4.79 Å². The second-order valence-electron chi connectivity index (χ2n) is 7.53. The highest BCUT2D eigenvalue weighted by atomic mass is 16.6. The van der Waals surface area contributed by atoms with E-state index in [-0.39, 0.29) is 12.1 Å². The summed E-state index contributed by atoms with van der Waals surface area (Å²) in [5.74, 6) is 0.900. The maximum Gasteiger partial charge on any atom is 0.410 e. The molecule has 134 valence electrons. The standard InChI is InChI=1S/C19H26N4O2/c1-19(2,3)25-18(24)22(4)14-9-11-23(12-10-14)17-13-20-15-7-5-6-8-16(15)21-17/h5-8,13-14H,9-12H2,1-4H3. The molecule has 0 radical (unpaired) electrons. The number of aromatic nitrogens is 2. The molecule has 0 atom stereocenters. The predicted molar refractivity (Wildman–Crippen MR) is 98.8 cm³/mol. The Labute approximate surface area is 148 Å². The Morgan fingerprint density at radius 2 is 1.84 bits per heavy atom. The number of benzene rings is 1. The summed E-state index contributed by atoms with van der Waals surface area (Å²) in [4.78, 5) is 25.4. The molecule has 3 rings (SSSR count). The van der Waals surface area contributed by atoms with Crippen LogP contribution in [-0.4, -0.2) is 52.7 Å². The van der Waals surface area contributed by atoms with Crippen LogP contribution in [0.3, 0.4) is 0 Å². The van der Waals surface area contributed by atoms with Gasteiger partial charge in [-0.05, 0) is 45.7 Å². The highest BCUT2D eigenvalue weighted by Crippen LogP contribution is 2.23. The van der Waals surface area contributed by atoms with Crippen LogP contribution < -0.4 is 4.90 Å². The van der Waals surface area contributed by atoms with Crippen molar-refractivity contribution in [2.24, 2.45) is 0 Å². The zero-order valence-electron chi connectivity index (χ0n) is 15.4. The van der Waals surface area contributed by atoms with Gasteiger partial charge in [-0.25, -0.2) is 9.78 Å². The molecule has 1 amide bonds. The van der Waals surface area contributed by atoms with E-state index in [1.165, 1.54) is 0 Å². The zero-order chi connectivity index (χ0) is 18.0. The summed E-state index contributed by atoms with van der Waals surface area (Å²) < 4.78 is 5.46. The SMILES string of the molecule is CN(C(=O)OC(C)(C)C)C1CCN(c2cnc3ccccc3n2)CC1. The van der Waals surface area contributed by atoms with Crippen molar-refractivity contribution in [3.8, 4) is 0 Å². The van der Waals surface area contributed by atoms with Gasteiger partial charge in [-0.15, -0.1) is 0 Å². The summed E-state index contributed by atoms with van der Waals surface area (Å²) in [5.41, 5.74) is 1.35. The van der Waals surface area contributed by atoms with E-state index >= 15 is 0 Å². The number of para-hydroxylation sites is 2. The molecule has 0 saturated carbocycles. The first-order chi connectivity index (χ1) is 11.8. The van der Waals surface area contributed by atoms with Crippen LogP contribution in [0.25, 0.3) is 11.0 Å². The van der Waals surface area contributed by atoms with Crippen LogP contribution in [0.15, 0.2) is 30.5 Å².